The summed E-state index contributed by atoms with van der Waals surface area (Å²) >= 11 is 1.86. The van der Waals surface area contributed by atoms with Crippen LogP contribution >= 0.6 is 11.8 Å². The first kappa shape index (κ1) is 14.9. The largest absolute Gasteiger partial charge is 0.381 e. The van der Waals surface area contributed by atoms with E-state index in [0.717, 1.165) is 12.1 Å². The van der Waals surface area contributed by atoms with Crippen LogP contribution in [0.1, 0.15) is 25.7 Å². The quantitative estimate of drug-likeness (QED) is 0.439. The molecule has 1 aromatic carbocycles. The zero-order valence-electron chi connectivity index (χ0n) is 11.5. The van der Waals surface area contributed by atoms with Gasteiger partial charge in [0, 0.05) is 29.1 Å². The van der Waals surface area contributed by atoms with Crippen LogP contribution in [0.5, 0.6) is 0 Å². The topological polar surface area (TPSA) is 93.2 Å². The molecule has 20 heavy (non-hydrogen) atoms. The van der Waals surface area contributed by atoms with Crippen LogP contribution in [-0.2, 0) is 0 Å². The number of nitrogens with two attached hydrogens (primary N) is 1. The van der Waals surface area contributed by atoms with Crippen LogP contribution in [0.2, 0.25) is 0 Å². The molecule has 6 nitrogen and oxygen atoms in total. The number of nitrogen functional groups attached to an aromatic ring is 1. The van der Waals surface area contributed by atoms with Crippen LogP contribution in [0.25, 0.3) is 0 Å². The Balaban J connectivity index is 2.18. The van der Waals surface area contributed by atoms with E-state index in [1.54, 1.807) is 12.1 Å². The maximum atomic E-state index is 10.9. The molecule has 110 valence electrons. The van der Waals surface area contributed by atoms with Gasteiger partial charge in [-0.2, -0.15) is 11.8 Å². The van der Waals surface area contributed by atoms with Crippen molar-refractivity contribution in [3.63, 3.8) is 0 Å². The Morgan fingerprint density at radius 2 is 2.00 bits per heavy atom. The number of hydrogen-bond acceptors (Lipinski definition) is 6. The Morgan fingerprint density at radius 3 is 2.65 bits per heavy atom. The smallest absolute Gasteiger partial charge is 0.273 e. The van der Waals surface area contributed by atoms with Crippen molar-refractivity contribution < 1.29 is 4.92 Å². The second kappa shape index (κ2) is 6.81. The Labute approximate surface area is 122 Å². The van der Waals surface area contributed by atoms with E-state index in [1.165, 1.54) is 25.3 Å². The van der Waals surface area contributed by atoms with E-state index < -0.39 is 4.92 Å². The second-order valence-corrected chi connectivity index (χ2v) is 6.06. The lowest BCUT2D eigenvalue weighted by molar-refractivity contribution is -0.384. The molecule has 2 unspecified atom stereocenters. The molecule has 1 saturated carbocycles. The fourth-order valence-corrected chi connectivity index (χ4v) is 3.58. The van der Waals surface area contributed by atoms with Gasteiger partial charge in [0.15, 0.2) is 0 Å². The molecular formula is C13H20N4O2S. The lowest BCUT2D eigenvalue weighted by atomic mass is 9.94. The minimum atomic E-state index is -0.404. The van der Waals surface area contributed by atoms with Crippen LogP contribution in [0.3, 0.4) is 0 Å². The first-order valence-corrected chi connectivity index (χ1v) is 7.98. The highest BCUT2D eigenvalue weighted by atomic mass is 32.2. The summed E-state index contributed by atoms with van der Waals surface area (Å²) in [4.78, 5) is 10.5. The van der Waals surface area contributed by atoms with Gasteiger partial charge in [-0.3, -0.25) is 16.0 Å². The Morgan fingerprint density at radius 1 is 1.30 bits per heavy atom. The summed E-state index contributed by atoms with van der Waals surface area (Å²) < 4.78 is 0. The predicted molar refractivity (Wildman–Crippen MR) is 84.1 cm³/mol. The van der Waals surface area contributed by atoms with Gasteiger partial charge in [-0.15, -0.1) is 0 Å². The summed E-state index contributed by atoms with van der Waals surface area (Å²) in [5.41, 5.74) is 3.80. The molecule has 7 heteroatoms. The number of hydrazine groups is 1. The van der Waals surface area contributed by atoms with Crippen molar-refractivity contribution in [3.05, 3.63) is 28.3 Å². The van der Waals surface area contributed by atoms with E-state index in [1.807, 2.05) is 11.8 Å². The van der Waals surface area contributed by atoms with Crippen molar-refractivity contribution >= 4 is 28.8 Å². The van der Waals surface area contributed by atoms with E-state index in [4.69, 9.17) is 5.84 Å². The molecule has 0 spiro atoms. The number of nitro groups is 1. The third-order valence-corrected chi connectivity index (χ3v) is 4.82. The molecule has 2 atom stereocenters. The minimum Gasteiger partial charge on any atom is -0.381 e. The first-order valence-electron chi connectivity index (χ1n) is 6.69. The number of non-ortho nitro benzene ring substituents is 1. The number of thioether (sulfide) groups is 1. The van der Waals surface area contributed by atoms with Crippen molar-refractivity contribution in [2.75, 3.05) is 17.0 Å². The normalized spacial score (nSPS) is 22.3. The van der Waals surface area contributed by atoms with Crippen LogP contribution in [0.15, 0.2) is 18.2 Å². The number of nitro benzene ring substituents is 1. The molecule has 1 aliphatic carbocycles. The molecule has 1 aromatic rings. The van der Waals surface area contributed by atoms with Crippen molar-refractivity contribution in [2.45, 2.75) is 37.0 Å². The lowest BCUT2D eigenvalue weighted by Crippen LogP contribution is -2.34. The second-order valence-electron chi connectivity index (χ2n) is 4.98. The molecule has 0 heterocycles. The van der Waals surface area contributed by atoms with Crippen LogP contribution < -0.4 is 16.6 Å². The standard InChI is InChI=1S/C13H20N4O2S/c1-20-13-5-3-2-4-12(13)15-9-6-10(16-14)8-11(7-9)17(18)19/h6-8,12-13,15-16H,2-5,14H2,1H3. The fraction of sp³-hybridized carbons (Fsp3) is 0.538. The fourth-order valence-electron chi connectivity index (χ4n) is 2.64. The highest BCUT2D eigenvalue weighted by molar-refractivity contribution is 7.99. The SMILES string of the molecule is CSC1CCCCC1Nc1cc(NN)cc([N+](=O)[O-])c1. The number of anilines is 2. The summed E-state index contributed by atoms with van der Waals surface area (Å²) in [6, 6.07) is 5.15. The first-order chi connectivity index (χ1) is 9.63. The van der Waals surface area contributed by atoms with Gasteiger partial charge in [0.25, 0.3) is 5.69 Å². The van der Waals surface area contributed by atoms with Crippen LogP contribution in [0.4, 0.5) is 17.1 Å². The monoisotopic (exact) mass is 296 g/mol. The summed E-state index contributed by atoms with van der Waals surface area (Å²) in [5, 5.41) is 14.9. The molecular weight excluding hydrogens is 276 g/mol. The highest BCUT2D eigenvalue weighted by Gasteiger charge is 2.24. The predicted octanol–water partition coefficient (Wildman–Crippen LogP) is 2.97. The molecule has 0 aromatic heterocycles. The maximum absolute atomic E-state index is 10.9. The molecule has 0 bridgehead atoms. The summed E-state index contributed by atoms with van der Waals surface area (Å²) in [6.07, 6.45) is 6.86. The lowest BCUT2D eigenvalue weighted by Gasteiger charge is -2.31. The average Bonchev–Trinajstić information content (AvgIpc) is 2.47. The van der Waals surface area contributed by atoms with Crippen molar-refractivity contribution in [2.24, 2.45) is 5.84 Å². The summed E-state index contributed by atoms with van der Waals surface area (Å²) in [6.45, 7) is 0. The Bertz CT molecular complexity index is 483. The molecule has 0 amide bonds. The molecule has 0 saturated heterocycles. The maximum Gasteiger partial charge on any atom is 0.273 e. The third kappa shape index (κ3) is 3.55. The van der Waals surface area contributed by atoms with E-state index in [2.05, 4.69) is 17.0 Å². The van der Waals surface area contributed by atoms with E-state index in [-0.39, 0.29) is 5.69 Å². The molecule has 2 rings (SSSR count). The van der Waals surface area contributed by atoms with Crippen molar-refractivity contribution in [3.8, 4) is 0 Å². The van der Waals surface area contributed by atoms with Gasteiger partial charge >= 0.3 is 0 Å². The summed E-state index contributed by atoms with van der Waals surface area (Å²) in [7, 11) is 0. The van der Waals surface area contributed by atoms with Gasteiger partial charge in [0.1, 0.15) is 0 Å². The Hall–Kier alpha value is -1.47. The molecule has 0 radical (unpaired) electrons. The third-order valence-electron chi connectivity index (χ3n) is 3.65. The van der Waals surface area contributed by atoms with Gasteiger partial charge in [0.05, 0.1) is 10.6 Å². The average molecular weight is 296 g/mol. The number of nitrogens with one attached hydrogen (secondary N) is 2. The highest BCUT2D eigenvalue weighted by Crippen LogP contribution is 2.31. The number of nitrogens with zero attached hydrogens (tertiary/aromatic N) is 1. The van der Waals surface area contributed by atoms with Gasteiger partial charge in [-0.05, 0) is 25.2 Å². The van der Waals surface area contributed by atoms with Gasteiger partial charge < -0.3 is 10.7 Å². The van der Waals surface area contributed by atoms with E-state index >= 15 is 0 Å². The summed E-state index contributed by atoms with van der Waals surface area (Å²) in [5.74, 6) is 5.37. The number of benzene rings is 1. The molecule has 0 aliphatic heterocycles. The molecule has 1 aliphatic rings. The minimum absolute atomic E-state index is 0.0412. The molecule has 1 fully saturated rings. The van der Waals surface area contributed by atoms with Crippen LogP contribution in [0, 0.1) is 10.1 Å². The number of hydrogen-bond donors (Lipinski definition) is 3. The van der Waals surface area contributed by atoms with Crippen LogP contribution in [-0.4, -0.2) is 22.5 Å². The Kier molecular flexibility index (Phi) is 5.08. The van der Waals surface area contributed by atoms with E-state index in [9.17, 15) is 10.1 Å². The zero-order chi connectivity index (χ0) is 14.5. The van der Waals surface area contributed by atoms with Crippen molar-refractivity contribution in [1.29, 1.82) is 0 Å². The van der Waals surface area contributed by atoms with E-state index in [0.29, 0.717) is 17.0 Å². The molecule has 4 N–H and O–H groups in total. The van der Waals surface area contributed by atoms with Gasteiger partial charge in [-0.1, -0.05) is 12.8 Å². The number of rotatable bonds is 5. The zero-order valence-corrected chi connectivity index (χ0v) is 12.3. The van der Waals surface area contributed by atoms with Gasteiger partial charge in [-0.25, -0.2) is 0 Å². The van der Waals surface area contributed by atoms with Crippen molar-refractivity contribution in [1.82, 2.24) is 0 Å². The van der Waals surface area contributed by atoms with Gasteiger partial charge in [0.2, 0.25) is 0 Å².